The number of aromatic nitrogens is 2. The van der Waals surface area contributed by atoms with Gasteiger partial charge in [0.05, 0.1) is 31.5 Å². The molecular weight excluding hydrogens is 817 g/mol. The summed E-state index contributed by atoms with van der Waals surface area (Å²) in [6.07, 6.45) is 22.2. The lowest BCUT2D eigenvalue weighted by Crippen LogP contribution is -2.44. The third-order valence-corrected chi connectivity index (χ3v) is 11.0. The summed E-state index contributed by atoms with van der Waals surface area (Å²) in [4.78, 5) is 59.5. The zero-order chi connectivity index (χ0) is 45.7. The Morgan fingerprint density at radius 3 is 2.00 bits per heavy atom. The van der Waals surface area contributed by atoms with Crippen molar-refractivity contribution >= 4 is 30.0 Å². The Labute approximate surface area is 367 Å². The number of nitrogens with zero attached hydrogens (tertiary/aromatic N) is 2. The van der Waals surface area contributed by atoms with Crippen LogP contribution in [0.1, 0.15) is 100.0 Å². The van der Waals surface area contributed by atoms with E-state index >= 15 is 0 Å². The van der Waals surface area contributed by atoms with Crippen LogP contribution in [0.5, 0.6) is 0 Å². The van der Waals surface area contributed by atoms with Crippen molar-refractivity contribution < 1.29 is 66.6 Å². The molecule has 340 valence electrons. The van der Waals surface area contributed by atoms with Gasteiger partial charge in [0.1, 0.15) is 55.3 Å². The van der Waals surface area contributed by atoms with Crippen LogP contribution in [-0.2, 0) is 44.4 Å². The average molecular weight is 875 g/mol. The summed E-state index contributed by atoms with van der Waals surface area (Å²) >= 11 is 0. The minimum atomic E-state index is -1.13. The van der Waals surface area contributed by atoms with Crippen LogP contribution < -0.4 is 0 Å². The van der Waals surface area contributed by atoms with Crippen molar-refractivity contribution in [1.29, 1.82) is 0 Å². The Bertz CT molecular complexity index is 2100. The molecule has 9 atom stereocenters. The molecule has 5 heterocycles. The maximum Gasteiger partial charge on any atom is 0.360 e. The van der Waals surface area contributed by atoms with Gasteiger partial charge in [-0.3, -0.25) is 9.59 Å². The molecule has 16 heteroatoms. The third kappa shape index (κ3) is 13.9. The SMILES string of the molecule is C/C=C/[C@H](OC(=O)CCC(=O)O)C(C)(C)[C@H]1C/C=C\C2OC2/C=C\[C@@H](OC)Cc2nc(co2)C(=O)O[C@H](C(C)(C)[C@@H](O)/C=C/C)C/C=C\[C@@H]2O[C@@H]2/C=C/C=C\c2nc(co2)C(=O)O1. The number of carbonyl (C=O) groups is 4. The number of esters is 3. The number of carbonyl (C=O) groups excluding carboxylic acids is 3. The fraction of sp³-hybridized carbons (Fsp3) is 0.489. The van der Waals surface area contributed by atoms with E-state index in [0.717, 1.165) is 0 Å². The molecule has 0 spiro atoms. The number of ether oxygens (including phenoxy) is 6. The van der Waals surface area contributed by atoms with E-state index in [-0.39, 0.29) is 73.3 Å². The smallest absolute Gasteiger partial charge is 0.360 e. The number of hydrogen-bond donors (Lipinski definition) is 2. The van der Waals surface area contributed by atoms with Gasteiger partial charge in [0.25, 0.3) is 0 Å². The van der Waals surface area contributed by atoms with Crippen molar-refractivity contribution in [3.8, 4) is 0 Å². The van der Waals surface area contributed by atoms with Crippen molar-refractivity contribution in [1.82, 2.24) is 9.97 Å². The summed E-state index contributed by atoms with van der Waals surface area (Å²) in [5.74, 6) is -2.89. The van der Waals surface area contributed by atoms with Crippen molar-refractivity contribution in [3.63, 3.8) is 0 Å². The molecule has 63 heavy (non-hydrogen) atoms. The lowest BCUT2D eigenvalue weighted by atomic mass is 9.78. The van der Waals surface area contributed by atoms with Crippen LogP contribution in [-0.4, -0.2) is 106 Å². The summed E-state index contributed by atoms with van der Waals surface area (Å²) in [7, 11) is 1.54. The van der Waals surface area contributed by atoms with Crippen molar-refractivity contribution in [2.24, 2.45) is 10.8 Å². The molecule has 16 nitrogen and oxygen atoms in total. The molecule has 2 aromatic heterocycles. The van der Waals surface area contributed by atoms with Gasteiger partial charge < -0.3 is 47.5 Å². The van der Waals surface area contributed by atoms with E-state index in [1.54, 1.807) is 70.2 Å². The van der Waals surface area contributed by atoms with Gasteiger partial charge in [-0.2, -0.15) is 0 Å². The number of carboxylic acids is 1. The van der Waals surface area contributed by atoms with Gasteiger partial charge in [0.15, 0.2) is 17.3 Å². The number of aliphatic carboxylic acids is 1. The molecule has 0 aliphatic carbocycles. The highest BCUT2D eigenvalue weighted by Gasteiger charge is 2.42. The first-order valence-electron chi connectivity index (χ1n) is 20.9. The fourth-order valence-electron chi connectivity index (χ4n) is 6.68. The first-order chi connectivity index (χ1) is 30.0. The van der Waals surface area contributed by atoms with Gasteiger partial charge >= 0.3 is 23.9 Å². The lowest BCUT2D eigenvalue weighted by Gasteiger charge is -2.38. The minimum absolute atomic E-state index is 0.0187. The van der Waals surface area contributed by atoms with E-state index in [4.69, 9.17) is 42.4 Å². The van der Waals surface area contributed by atoms with Crippen molar-refractivity contribution in [3.05, 3.63) is 115 Å². The molecule has 2 unspecified atom stereocenters. The second kappa shape index (κ2) is 22.1. The summed E-state index contributed by atoms with van der Waals surface area (Å²) in [6.45, 7) is 10.8. The van der Waals surface area contributed by atoms with Crippen molar-refractivity contribution in [2.45, 2.75) is 129 Å². The molecule has 0 amide bonds. The second-order valence-corrected chi connectivity index (χ2v) is 16.5. The highest BCUT2D eigenvalue weighted by molar-refractivity contribution is 5.87. The number of rotatable bonds is 11. The Morgan fingerprint density at radius 2 is 1.38 bits per heavy atom. The monoisotopic (exact) mass is 874 g/mol. The first-order valence-corrected chi connectivity index (χ1v) is 20.9. The number of hydrogen-bond acceptors (Lipinski definition) is 15. The Hall–Kier alpha value is -5.68. The fourth-order valence-corrected chi connectivity index (χ4v) is 6.68. The number of fused-ring (bicyclic) bond motifs is 6. The number of allylic oxidation sites excluding steroid dienone is 4. The topological polar surface area (TPSA) is 223 Å². The molecule has 0 aromatic carbocycles. The van der Waals surface area contributed by atoms with Crippen LogP contribution >= 0.6 is 0 Å². The molecule has 2 aromatic rings. The molecule has 5 rings (SSSR count). The molecule has 0 radical (unpaired) electrons. The van der Waals surface area contributed by atoms with Crippen LogP contribution in [0.4, 0.5) is 0 Å². The van der Waals surface area contributed by atoms with E-state index in [1.807, 2.05) is 56.4 Å². The van der Waals surface area contributed by atoms with Gasteiger partial charge in [-0.15, -0.1) is 0 Å². The van der Waals surface area contributed by atoms with E-state index in [2.05, 4.69) is 9.97 Å². The Kier molecular flexibility index (Phi) is 17.0. The van der Waals surface area contributed by atoms with E-state index < -0.39 is 71.6 Å². The number of carboxylic acid groups (broad SMARTS) is 1. The largest absolute Gasteiger partial charge is 0.481 e. The van der Waals surface area contributed by atoms with Crippen LogP contribution in [0.15, 0.2) is 100 Å². The van der Waals surface area contributed by atoms with E-state index in [1.165, 1.54) is 19.6 Å². The van der Waals surface area contributed by atoms with Gasteiger partial charge in [-0.25, -0.2) is 19.6 Å². The molecular formula is C47H58N2O14. The molecule has 2 saturated heterocycles. The van der Waals surface area contributed by atoms with Crippen LogP contribution in [0.25, 0.3) is 6.08 Å². The standard InChI is InChI=1S/C47H58N2O14/c1-8-14-36(50)46(3,4)38-19-12-17-33-32(59-33)16-10-11-21-40-48-30(27-57-40)44(54)63-39(47(5,6)37(15-9-2)61-43(53)25-24-42(51)52)20-13-18-34-35(60-34)23-22-29(56-7)26-41-49-31(28-58-41)45(55)62-38/h8-18,21-23,27-29,32-39,50H,19-20,24-26H2,1-7H3,(H,51,52)/b14-8+,15-9+,16-10+,17-12-,18-13-,21-11-,23-22-/t29-,32-,33+,34?,35?,36+,37+,38+,39-/m1/s1. The van der Waals surface area contributed by atoms with Crippen LogP contribution in [0, 0.1) is 10.8 Å². The van der Waals surface area contributed by atoms with Crippen LogP contribution in [0.2, 0.25) is 0 Å². The van der Waals surface area contributed by atoms with E-state index in [9.17, 15) is 24.3 Å². The van der Waals surface area contributed by atoms with Crippen LogP contribution in [0.3, 0.4) is 0 Å². The molecule has 3 aliphatic heterocycles. The average Bonchev–Trinajstić information content (AvgIpc) is 4.04. The molecule has 0 saturated carbocycles. The Morgan fingerprint density at radius 1 is 0.794 bits per heavy atom. The zero-order valence-electron chi connectivity index (χ0n) is 36.7. The maximum absolute atomic E-state index is 13.6. The summed E-state index contributed by atoms with van der Waals surface area (Å²) in [5.41, 5.74) is -1.98. The summed E-state index contributed by atoms with van der Waals surface area (Å²) in [6, 6.07) is 0. The molecule has 2 fully saturated rings. The van der Waals surface area contributed by atoms with E-state index in [0.29, 0.717) is 0 Å². The predicted molar refractivity (Wildman–Crippen MR) is 228 cm³/mol. The number of methoxy groups -OCH3 is 1. The number of cyclic esters (lactones) is 2. The first kappa shape index (κ1) is 48.4. The highest BCUT2D eigenvalue weighted by atomic mass is 16.6. The number of aliphatic hydroxyl groups excluding tert-OH is 1. The summed E-state index contributed by atoms with van der Waals surface area (Å²) < 4.78 is 46.2. The summed E-state index contributed by atoms with van der Waals surface area (Å²) in [5, 5.41) is 20.0. The molecule has 2 N–H and O–H groups in total. The lowest BCUT2D eigenvalue weighted by molar-refractivity contribution is -0.158. The normalized spacial score (nSPS) is 28.6. The number of epoxide rings is 2. The third-order valence-electron chi connectivity index (χ3n) is 11.0. The number of oxazole rings is 2. The van der Waals surface area contributed by atoms with Gasteiger partial charge in [-0.05, 0) is 19.9 Å². The quantitative estimate of drug-likeness (QED) is 0.102. The minimum Gasteiger partial charge on any atom is -0.481 e. The second-order valence-electron chi connectivity index (χ2n) is 16.5. The Balaban J connectivity index is 1.38. The van der Waals surface area contributed by atoms with Gasteiger partial charge in [0, 0.05) is 36.9 Å². The van der Waals surface area contributed by atoms with Gasteiger partial charge in [-0.1, -0.05) is 101 Å². The molecule has 3 aliphatic rings. The predicted octanol–water partition coefficient (Wildman–Crippen LogP) is 6.88. The highest BCUT2D eigenvalue weighted by Crippen LogP contribution is 2.36. The number of aliphatic hydroxyl groups is 1. The van der Waals surface area contributed by atoms with Crippen molar-refractivity contribution in [2.75, 3.05) is 7.11 Å². The molecule has 4 bridgehead atoms. The van der Waals surface area contributed by atoms with Gasteiger partial charge in [0.2, 0.25) is 5.89 Å². The maximum atomic E-state index is 13.6. The zero-order valence-corrected chi connectivity index (χ0v) is 36.7.